The largest absolute Gasteiger partial charge is 0.497 e. The van der Waals surface area contributed by atoms with Crippen LogP contribution in [-0.2, 0) is 23.6 Å². The van der Waals surface area contributed by atoms with Gasteiger partial charge in [0.25, 0.3) is 0 Å². The Morgan fingerprint density at radius 2 is 1.93 bits per heavy atom. The highest BCUT2D eigenvalue weighted by atomic mass is 28.3. The van der Waals surface area contributed by atoms with Gasteiger partial charge in [0.2, 0.25) is 0 Å². The van der Waals surface area contributed by atoms with Crippen molar-refractivity contribution in [2.45, 2.75) is 44.5 Å². The number of nitrogens with two attached hydrogens (primary N) is 2. The van der Waals surface area contributed by atoms with E-state index < -0.39 is 13.7 Å². The molecule has 0 bridgehead atoms. The van der Waals surface area contributed by atoms with Crippen LogP contribution in [0.4, 0.5) is 0 Å². The molecule has 0 fully saturated rings. The molecule has 1 atom stereocenters. The Labute approximate surface area is 167 Å². The Hall–Kier alpha value is -2.29. The maximum absolute atomic E-state index is 6.73. The van der Waals surface area contributed by atoms with E-state index in [1.165, 1.54) is 0 Å². The van der Waals surface area contributed by atoms with Gasteiger partial charge < -0.3 is 26.3 Å². The van der Waals surface area contributed by atoms with Crippen LogP contribution in [0.3, 0.4) is 0 Å². The molecule has 0 saturated carbocycles. The minimum absolute atomic E-state index is 0.368. The van der Waals surface area contributed by atoms with E-state index in [-0.39, 0.29) is 0 Å². The van der Waals surface area contributed by atoms with E-state index in [9.17, 15) is 0 Å². The van der Waals surface area contributed by atoms with Gasteiger partial charge in [-0.3, -0.25) is 0 Å². The third kappa shape index (κ3) is 4.57. The maximum Gasteiger partial charge on any atom is 0.140 e. The number of nitrogens with one attached hydrogen (secondary N) is 1. The molecular weight excluding hydrogens is 370 g/mol. The van der Waals surface area contributed by atoms with Crippen LogP contribution in [0, 0.1) is 0 Å². The molecule has 0 amide bonds. The summed E-state index contributed by atoms with van der Waals surface area (Å²) in [7, 11) is 0.531. The van der Waals surface area contributed by atoms with Gasteiger partial charge in [0.1, 0.15) is 18.1 Å². The van der Waals surface area contributed by atoms with E-state index in [0.717, 1.165) is 35.2 Å². The van der Waals surface area contributed by atoms with Crippen molar-refractivity contribution < 1.29 is 9.47 Å². The lowest BCUT2D eigenvalue weighted by molar-refractivity contribution is 0.0777. The second-order valence-electron chi connectivity index (χ2n) is 8.49. The lowest BCUT2D eigenvalue weighted by Gasteiger charge is -2.34. The van der Waals surface area contributed by atoms with Gasteiger partial charge in [-0.2, -0.15) is 5.10 Å². The van der Waals surface area contributed by atoms with Crippen LogP contribution in [0.15, 0.2) is 36.7 Å². The molecule has 8 heteroatoms. The quantitative estimate of drug-likeness (QED) is 0.464. The molecule has 0 saturated heterocycles. The first-order valence-electron chi connectivity index (χ1n) is 9.51. The van der Waals surface area contributed by atoms with Crippen LogP contribution in [0.2, 0.25) is 25.7 Å². The SMILES string of the molecule is COc1ccc(CC2(N)NC=C(N)c3c2cnn3COCC[Si](C)(C)C)cc1. The molecule has 1 aromatic carbocycles. The predicted octanol–water partition coefficient (Wildman–Crippen LogP) is 2.42. The van der Waals surface area contributed by atoms with Crippen molar-refractivity contribution in [3.8, 4) is 5.75 Å². The lowest BCUT2D eigenvalue weighted by Crippen LogP contribution is -2.52. The topological polar surface area (TPSA) is 100 Å². The monoisotopic (exact) mass is 401 g/mol. The van der Waals surface area contributed by atoms with Gasteiger partial charge in [-0.05, 0) is 23.7 Å². The lowest BCUT2D eigenvalue weighted by atomic mass is 9.90. The standard InChI is InChI=1S/C20H31N5O2Si/c1-26-16-7-5-15(6-8-16)11-20(22)17-12-24-25(19(17)18(21)13-23-20)14-27-9-10-28(2,3)4/h5-8,12-13,23H,9-11,14,21-22H2,1-4H3. The highest BCUT2D eigenvalue weighted by molar-refractivity contribution is 6.76. The Balaban J connectivity index is 1.76. The Morgan fingerprint density at radius 3 is 2.57 bits per heavy atom. The van der Waals surface area contributed by atoms with Crippen LogP contribution in [0.1, 0.15) is 16.8 Å². The molecule has 0 aliphatic carbocycles. The summed E-state index contributed by atoms with van der Waals surface area (Å²) in [5.74, 6) is 0.819. The third-order valence-corrected chi connectivity index (χ3v) is 6.63. The van der Waals surface area contributed by atoms with Crippen molar-refractivity contribution in [2.75, 3.05) is 13.7 Å². The molecular formula is C20H31N5O2Si. The average molecular weight is 402 g/mol. The number of benzene rings is 1. The van der Waals surface area contributed by atoms with Gasteiger partial charge in [0.05, 0.1) is 24.7 Å². The van der Waals surface area contributed by atoms with Crippen molar-refractivity contribution >= 4 is 13.8 Å². The van der Waals surface area contributed by atoms with Gasteiger partial charge in [-0.15, -0.1) is 0 Å². The molecule has 3 rings (SSSR count). The summed E-state index contributed by atoms with van der Waals surface area (Å²) >= 11 is 0. The zero-order valence-corrected chi connectivity index (χ0v) is 18.2. The fraction of sp³-hybridized carbons (Fsp3) is 0.450. The van der Waals surface area contributed by atoms with E-state index in [2.05, 4.69) is 30.1 Å². The van der Waals surface area contributed by atoms with E-state index in [4.69, 9.17) is 20.9 Å². The normalized spacial score (nSPS) is 19.0. The van der Waals surface area contributed by atoms with Crippen molar-refractivity contribution in [2.24, 2.45) is 11.5 Å². The smallest absolute Gasteiger partial charge is 0.140 e. The van der Waals surface area contributed by atoms with Crippen LogP contribution < -0.4 is 21.5 Å². The number of aromatic nitrogens is 2. The van der Waals surface area contributed by atoms with Crippen LogP contribution in [0.25, 0.3) is 5.70 Å². The number of rotatable bonds is 8. The van der Waals surface area contributed by atoms with E-state index in [1.54, 1.807) is 24.2 Å². The molecule has 152 valence electrons. The molecule has 2 heterocycles. The zero-order chi connectivity index (χ0) is 20.4. The minimum Gasteiger partial charge on any atom is -0.497 e. The average Bonchev–Trinajstić information content (AvgIpc) is 3.08. The van der Waals surface area contributed by atoms with Crippen molar-refractivity contribution in [1.82, 2.24) is 15.1 Å². The number of ether oxygens (including phenoxy) is 2. The van der Waals surface area contributed by atoms with E-state index in [0.29, 0.717) is 18.8 Å². The summed E-state index contributed by atoms with van der Waals surface area (Å²) in [4.78, 5) is 0. The van der Waals surface area contributed by atoms with Crippen LogP contribution in [-0.4, -0.2) is 31.6 Å². The second-order valence-corrected chi connectivity index (χ2v) is 14.1. The Morgan fingerprint density at radius 1 is 1.21 bits per heavy atom. The molecule has 1 aliphatic rings. The van der Waals surface area contributed by atoms with Gasteiger partial charge in [-0.1, -0.05) is 31.8 Å². The summed E-state index contributed by atoms with van der Waals surface area (Å²) in [5.41, 5.74) is 15.6. The van der Waals surface area contributed by atoms with Gasteiger partial charge in [-0.25, -0.2) is 4.68 Å². The first-order chi connectivity index (χ1) is 13.2. The van der Waals surface area contributed by atoms with E-state index >= 15 is 0 Å². The molecule has 0 spiro atoms. The molecule has 2 aromatic rings. The summed E-state index contributed by atoms with van der Waals surface area (Å²) in [6, 6.07) is 9.01. The molecule has 1 aromatic heterocycles. The van der Waals surface area contributed by atoms with Crippen molar-refractivity contribution in [1.29, 1.82) is 0 Å². The summed E-state index contributed by atoms with van der Waals surface area (Å²) in [6.07, 6.45) is 4.13. The fourth-order valence-corrected chi connectivity index (χ4v) is 3.96. The summed E-state index contributed by atoms with van der Waals surface area (Å²) in [5, 5.41) is 7.74. The first-order valence-corrected chi connectivity index (χ1v) is 13.2. The Bertz CT molecular complexity index is 841. The highest BCUT2D eigenvalue weighted by Crippen LogP contribution is 2.31. The van der Waals surface area contributed by atoms with Gasteiger partial charge in [0.15, 0.2) is 0 Å². The number of hydrogen-bond donors (Lipinski definition) is 3. The molecule has 1 unspecified atom stereocenters. The highest BCUT2D eigenvalue weighted by Gasteiger charge is 2.35. The molecule has 28 heavy (non-hydrogen) atoms. The molecule has 1 aliphatic heterocycles. The molecule has 5 N–H and O–H groups in total. The Kier molecular flexibility index (Phi) is 5.83. The minimum atomic E-state index is -1.12. The maximum atomic E-state index is 6.73. The summed E-state index contributed by atoms with van der Waals surface area (Å²) < 4.78 is 12.9. The van der Waals surface area contributed by atoms with Gasteiger partial charge >= 0.3 is 0 Å². The number of methoxy groups -OCH3 is 1. The van der Waals surface area contributed by atoms with E-state index in [1.807, 2.05) is 24.3 Å². The molecule has 7 nitrogen and oxygen atoms in total. The second kappa shape index (κ2) is 7.98. The zero-order valence-electron chi connectivity index (χ0n) is 17.2. The number of fused-ring (bicyclic) bond motifs is 1. The first kappa shape index (κ1) is 20.4. The summed E-state index contributed by atoms with van der Waals surface area (Å²) in [6.45, 7) is 8.10. The van der Waals surface area contributed by atoms with Crippen molar-refractivity contribution in [3.05, 3.63) is 53.5 Å². The van der Waals surface area contributed by atoms with Gasteiger partial charge in [0, 0.05) is 32.9 Å². The fourth-order valence-electron chi connectivity index (χ4n) is 3.21. The number of nitrogens with zero attached hydrogens (tertiary/aromatic N) is 2. The molecule has 0 radical (unpaired) electrons. The third-order valence-electron chi connectivity index (χ3n) is 4.93. The van der Waals surface area contributed by atoms with Crippen molar-refractivity contribution in [3.63, 3.8) is 0 Å². The van der Waals surface area contributed by atoms with Crippen LogP contribution >= 0.6 is 0 Å². The number of hydrogen-bond acceptors (Lipinski definition) is 6. The van der Waals surface area contributed by atoms with Crippen LogP contribution in [0.5, 0.6) is 5.75 Å². The predicted molar refractivity (Wildman–Crippen MR) is 114 cm³/mol.